The van der Waals surface area contributed by atoms with Crippen molar-refractivity contribution in [3.05, 3.63) is 75.9 Å². The summed E-state index contributed by atoms with van der Waals surface area (Å²) in [6.45, 7) is 0.0891. The number of hydrogen-bond donors (Lipinski definition) is 0. The molecule has 2 aromatic carbocycles. The van der Waals surface area contributed by atoms with E-state index in [1.807, 2.05) is 42.5 Å². The molecule has 0 N–H and O–H groups in total. The van der Waals surface area contributed by atoms with Gasteiger partial charge in [-0.1, -0.05) is 41.9 Å². The Morgan fingerprint density at radius 3 is 2.79 bits per heavy atom. The first kappa shape index (κ1) is 19.4. The number of amides is 1. The van der Waals surface area contributed by atoms with Gasteiger partial charge in [-0.15, -0.1) is 0 Å². The number of likely N-dealkylation sites (N-methyl/N-ethyl adjacent to an activating group) is 1. The third-order valence-electron chi connectivity index (χ3n) is 5.18. The second-order valence-electron chi connectivity index (χ2n) is 7.24. The number of fused-ring (bicyclic) bond motifs is 2. The average Bonchev–Trinajstić information content (AvgIpc) is 3.17. The molecule has 0 atom stereocenters. The fourth-order valence-corrected chi connectivity index (χ4v) is 3.96. The molecule has 29 heavy (non-hydrogen) atoms. The first-order chi connectivity index (χ1) is 14.0. The number of aryl methyl sites for hydroxylation is 1. The van der Waals surface area contributed by atoms with Crippen LogP contribution in [0, 0.1) is 0 Å². The highest BCUT2D eigenvalue weighted by atomic mass is 35.5. The minimum absolute atomic E-state index is 0.270. The number of para-hydroxylation sites is 1. The minimum Gasteiger partial charge on any atom is -0.452 e. The maximum absolute atomic E-state index is 12.9. The van der Waals surface area contributed by atoms with Crippen molar-refractivity contribution in [3.8, 4) is 0 Å². The zero-order chi connectivity index (χ0) is 20.4. The second-order valence-corrected chi connectivity index (χ2v) is 7.68. The molecule has 0 saturated carbocycles. The van der Waals surface area contributed by atoms with Crippen molar-refractivity contribution < 1.29 is 14.3 Å². The lowest BCUT2D eigenvalue weighted by Gasteiger charge is -2.18. The number of carbonyl (C=O) groups excluding carboxylic acids is 2. The Labute approximate surface area is 174 Å². The van der Waals surface area contributed by atoms with Crippen LogP contribution in [0.1, 0.15) is 33.6 Å². The molecule has 1 heterocycles. The lowest BCUT2D eigenvalue weighted by molar-refractivity contribution is -0.133. The molecule has 1 amide bonds. The van der Waals surface area contributed by atoms with E-state index in [0.717, 1.165) is 47.0 Å². The Hall–Kier alpha value is -2.92. The largest absolute Gasteiger partial charge is 0.452 e. The van der Waals surface area contributed by atoms with Gasteiger partial charge in [0.05, 0.1) is 11.1 Å². The summed E-state index contributed by atoms with van der Waals surface area (Å²) in [6.07, 6.45) is 2.64. The molecular weight excluding hydrogens is 388 g/mol. The van der Waals surface area contributed by atoms with E-state index < -0.39 is 5.97 Å². The van der Waals surface area contributed by atoms with Crippen molar-refractivity contribution in [3.63, 3.8) is 0 Å². The molecule has 1 aromatic heterocycles. The summed E-state index contributed by atoms with van der Waals surface area (Å²) in [6, 6.07) is 14.9. The topological polar surface area (TPSA) is 59.5 Å². The van der Waals surface area contributed by atoms with Crippen molar-refractivity contribution >= 4 is 34.4 Å². The van der Waals surface area contributed by atoms with Crippen molar-refractivity contribution in [1.82, 2.24) is 9.88 Å². The summed E-state index contributed by atoms with van der Waals surface area (Å²) in [5.41, 5.74) is 4.16. The van der Waals surface area contributed by atoms with Crippen LogP contribution in [0.5, 0.6) is 0 Å². The maximum atomic E-state index is 12.9. The van der Waals surface area contributed by atoms with Gasteiger partial charge in [0.1, 0.15) is 0 Å². The fourth-order valence-electron chi connectivity index (χ4n) is 3.75. The molecule has 6 heteroatoms. The Bertz CT molecular complexity index is 1100. The number of carbonyl (C=O) groups is 2. The third-order valence-corrected chi connectivity index (χ3v) is 5.42. The van der Waals surface area contributed by atoms with Gasteiger partial charge in [0.2, 0.25) is 0 Å². The van der Waals surface area contributed by atoms with Crippen LogP contribution in [-0.2, 0) is 28.9 Å². The van der Waals surface area contributed by atoms with E-state index in [1.165, 1.54) is 4.90 Å². The number of rotatable bonds is 5. The van der Waals surface area contributed by atoms with Crippen LogP contribution in [0.4, 0.5) is 0 Å². The van der Waals surface area contributed by atoms with Gasteiger partial charge in [0, 0.05) is 29.7 Å². The van der Waals surface area contributed by atoms with E-state index >= 15 is 0 Å². The molecule has 0 fully saturated rings. The Balaban J connectivity index is 1.48. The highest BCUT2D eigenvalue weighted by Gasteiger charge is 2.25. The number of ether oxygens (including phenoxy) is 1. The van der Waals surface area contributed by atoms with Gasteiger partial charge in [0.15, 0.2) is 6.61 Å². The molecule has 3 aromatic rings. The van der Waals surface area contributed by atoms with Crippen LogP contribution in [0.25, 0.3) is 10.9 Å². The summed E-state index contributed by atoms with van der Waals surface area (Å²) in [5.74, 6) is -0.736. The number of hydrogen-bond acceptors (Lipinski definition) is 4. The summed E-state index contributed by atoms with van der Waals surface area (Å²) < 4.78 is 5.42. The Kier molecular flexibility index (Phi) is 5.49. The van der Waals surface area contributed by atoms with Crippen LogP contribution in [0.2, 0.25) is 5.02 Å². The van der Waals surface area contributed by atoms with Gasteiger partial charge in [-0.3, -0.25) is 9.78 Å². The SMILES string of the molecule is CN(Cc1cccc(Cl)c1)C(=O)COC(=O)c1c2c(nc3ccccc13)CCC2. The molecule has 0 radical (unpaired) electrons. The normalized spacial score (nSPS) is 12.6. The average molecular weight is 409 g/mol. The summed E-state index contributed by atoms with van der Waals surface area (Å²) in [5, 5.41) is 1.39. The van der Waals surface area contributed by atoms with Crippen molar-refractivity contribution in [1.29, 1.82) is 0 Å². The molecule has 4 rings (SSSR count). The molecular formula is C23H21ClN2O3. The van der Waals surface area contributed by atoms with Crippen LogP contribution >= 0.6 is 11.6 Å². The van der Waals surface area contributed by atoms with Gasteiger partial charge in [-0.25, -0.2) is 4.79 Å². The predicted octanol–water partition coefficient (Wildman–Crippen LogP) is 4.19. The monoisotopic (exact) mass is 408 g/mol. The van der Waals surface area contributed by atoms with Crippen molar-refractivity contribution in [2.45, 2.75) is 25.8 Å². The molecule has 0 aliphatic heterocycles. The van der Waals surface area contributed by atoms with Gasteiger partial charge in [0.25, 0.3) is 5.91 Å². The molecule has 0 bridgehead atoms. The Morgan fingerprint density at radius 1 is 1.14 bits per heavy atom. The number of aromatic nitrogens is 1. The van der Waals surface area contributed by atoms with Crippen molar-refractivity contribution in [2.75, 3.05) is 13.7 Å². The molecule has 1 aliphatic rings. The molecule has 5 nitrogen and oxygen atoms in total. The van der Waals surface area contributed by atoms with E-state index in [9.17, 15) is 9.59 Å². The third kappa shape index (κ3) is 4.10. The molecule has 0 saturated heterocycles. The van der Waals surface area contributed by atoms with Gasteiger partial charge in [-0.2, -0.15) is 0 Å². The van der Waals surface area contributed by atoms with E-state index in [1.54, 1.807) is 13.1 Å². The number of benzene rings is 2. The standard InChI is InChI=1S/C23H21ClN2O3/c1-26(13-15-6-4-7-16(24)12-15)21(27)14-29-23(28)22-17-8-2-3-10-19(17)25-20-11-5-9-18(20)22/h2-4,6-8,10,12H,5,9,11,13-14H2,1H3. The number of halogens is 1. The molecule has 1 aliphatic carbocycles. The second kappa shape index (κ2) is 8.21. The predicted molar refractivity (Wildman–Crippen MR) is 112 cm³/mol. The quantitative estimate of drug-likeness (QED) is 0.594. The van der Waals surface area contributed by atoms with Crippen LogP contribution in [-0.4, -0.2) is 35.4 Å². The zero-order valence-corrected chi connectivity index (χ0v) is 16.9. The molecule has 0 unspecified atom stereocenters. The van der Waals surface area contributed by atoms with Gasteiger partial charge < -0.3 is 9.64 Å². The zero-order valence-electron chi connectivity index (χ0n) is 16.2. The number of pyridine rings is 1. The maximum Gasteiger partial charge on any atom is 0.339 e. The summed E-state index contributed by atoms with van der Waals surface area (Å²) in [4.78, 5) is 31.6. The fraction of sp³-hybridized carbons (Fsp3) is 0.261. The highest BCUT2D eigenvalue weighted by molar-refractivity contribution is 6.30. The summed E-state index contributed by atoms with van der Waals surface area (Å²) >= 11 is 5.99. The van der Waals surface area contributed by atoms with E-state index in [-0.39, 0.29) is 12.5 Å². The van der Waals surface area contributed by atoms with Crippen molar-refractivity contribution in [2.24, 2.45) is 0 Å². The van der Waals surface area contributed by atoms with Gasteiger partial charge >= 0.3 is 5.97 Å². The number of nitrogens with zero attached hydrogens (tertiary/aromatic N) is 2. The smallest absolute Gasteiger partial charge is 0.339 e. The lowest BCUT2D eigenvalue weighted by atomic mass is 10.0. The van der Waals surface area contributed by atoms with Crippen LogP contribution in [0.3, 0.4) is 0 Å². The van der Waals surface area contributed by atoms with Crippen LogP contribution in [0.15, 0.2) is 48.5 Å². The molecule has 0 spiro atoms. The van der Waals surface area contributed by atoms with Gasteiger partial charge in [-0.05, 0) is 48.6 Å². The van der Waals surface area contributed by atoms with E-state index in [0.29, 0.717) is 17.1 Å². The van der Waals surface area contributed by atoms with E-state index in [4.69, 9.17) is 16.3 Å². The highest BCUT2D eigenvalue weighted by Crippen LogP contribution is 2.30. The summed E-state index contributed by atoms with van der Waals surface area (Å²) in [7, 11) is 1.68. The van der Waals surface area contributed by atoms with E-state index in [2.05, 4.69) is 4.98 Å². The first-order valence-electron chi connectivity index (χ1n) is 9.59. The number of esters is 1. The Morgan fingerprint density at radius 2 is 1.97 bits per heavy atom. The minimum atomic E-state index is -0.466. The van der Waals surface area contributed by atoms with Crippen LogP contribution < -0.4 is 0 Å². The first-order valence-corrected chi connectivity index (χ1v) is 9.97. The molecule has 148 valence electrons. The lowest BCUT2D eigenvalue weighted by Crippen LogP contribution is -2.31.